The highest BCUT2D eigenvalue weighted by molar-refractivity contribution is 8.32. The second-order valence-electron chi connectivity index (χ2n) is 10.3. The first-order valence-electron chi connectivity index (χ1n) is 12.9. The topological polar surface area (TPSA) is 104 Å². The van der Waals surface area contributed by atoms with Crippen LogP contribution in [0.1, 0.15) is 5.56 Å². The molecule has 0 saturated heterocycles. The van der Waals surface area contributed by atoms with Crippen LogP contribution in [0.4, 0.5) is 0 Å². The highest BCUT2D eigenvalue weighted by Gasteiger charge is 2.18. The minimum Gasteiger partial charge on any atom is -0.488 e. The third-order valence-corrected chi connectivity index (χ3v) is 8.10. The zero-order valence-electron chi connectivity index (χ0n) is 23.0. The number of hydrogen-bond donors (Lipinski definition) is 1. The van der Waals surface area contributed by atoms with Crippen molar-refractivity contribution < 1.29 is 19.3 Å². The molecule has 0 unspecified atom stereocenters. The lowest BCUT2D eigenvalue weighted by atomic mass is 10.0. The molecule has 9 nitrogen and oxygen atoms in total. The van der Waals surface area contributed by atoms with Crippen LogP contribution < -0.4 is 9.47 Å². The van der Waals surface area contributed by atoms with Crippen LogP contribution in [0.3, 0.4) is 0 Å². The van der Waals surface area contributed by atoms with Gasteiger partial charge in [-0.3, -0.25) is 4.98 Å². The Bertz CT molecular complexity index is 1680. The monoisotopic (exact) mass is 615 g/mol. The molecule has 216 valence electrons. The Labute approximate surface area is 249 Å². The van der Waals surface area contributed by atoms with Crippen molar-refractivity contribution >= 4 is 55.2 Å². The molecule has 0 spiro atoms. The predicted molar refractivity (Wildman–Crippen MR) is 166 cm³/mol. The average molecular weight is 617 g/mol. The van der Waals surface area contributed by atoms with E-state index in [4.69, 9.17) is 37.4 Å². The zero-order chi connectivity index (χ0) is 29.0. The van der Waals surface area contributed by atoms with E-state index >= 15 is 0 Å². The molecule has 4 heterocycles. The highest BCUT2D eigenvalue weighted by atomic mass is 35.5. The third-order valence-electron chi connectivity index (χ3n) is 6.27. The highest BCUT2D eigenvalue weighted by Crippen LogP contribution is 2.37. The number of fused-ring (bicyclic) bond motifs is 2. The lowest BCUT2D eigenvalue weighted by molar-refractivity contribution is 0.0924. The first kappa shape index (κ1) is 29.3. The largest absolute Gasteiger partial charge is 0.488 e. The van der Waals surface area contributed by atoms with Crippen molar-refractivity contribution in [2.45, 2.75) is 13.3 Å². The van der Waals surface area contributed by atoms with E-state index in [1.807, 2.05) is 35.0 Å². The maximum atomic E-state index is 9.27. The van der Waals surface area contributed by atoms with Crippen molar-refractivity contribution in [1.82, 2.24) is 24.5 Å². The van der Waals surface area contributed by atoms with Gasteiger partial charge in [0.25, 0.3) is 0 Å². The Balaban J connectivity index is 1.35. The van der Waals surface area contributed by atoms with Gasteiger partial charge >= 0.3 is 0 Å². The van der Waals surface area contributed by atoms with Gasteiger partial charge in [0.1, 0.15) is 36.5 Å². The van der Waals surface area contributed by atoms with E-state index < -0.39 is 10.0 Å². The second-order valence-corrected chi connectivity index (χ2v) is 15.5. The summed E-state index contributed by atoms with van der Waals surface area (Å²) in [5.41, 5.74) is 3.96. The van der Waals surface area contributed by atoms with Gasteiger partial charge in [0, 0.05) is 35.2 Å². The molecule has 0 aliphatic carbocycles. The third kappa shape index (κ3) is 7.38. The smallest absolute Gasteiger partial charge is 0.225 e. The van der Waals surface area contributed by atoms with E-state index in [1.165, 1.54) is 0 Å². The van der Waals surface area contributed by atoms with Crippen molar-refractivity contribution in [2.24, 2.45) is 0 Å². The van der Waals surface area contributed by atoms with Crippen LogP contribution in [0.5, 0.6) is 11.6 Å². The summed E-state index contributed by atoms with van der Waals surface area (Å²) in [6.07, 6.45) is 12.0. The average Bonchev–Trinajstić information content (AvgIpc) is 3.31. The summed E-state index contributed by atoms with van der Waals surface area (Å²) >= 11 is 12.7. The first-order valence-corrected chi connectivity index (χ1v) is 16.7. The fourth-order valence-corrected chi connectivity index (χ4v) is 5.29. The molecule has 0 aliphatic heterocycles. The van der Waals surface area contributed by atoms with Gasteiger partial charge in [0.05, 0.1) is 30.3 Å². The number of aromatic nitrogens is 5. The molecule has 1 N–H and O–H groups in total. The molecule has 0 amide bonds. The molecular formula is C29H31Cl2N5O4S. The molecule has 0 bridgehead atoms. The normalized spacial score (nSPS) is 12.2. The van der Waals surface area contributed by atoms with Crippen LogP contribution in [0.25, 0.3) is 33.1 Å². The number of ether oxygens (including phenoxy) is 3. The van der Waals surface area contributed by atoms with Crippen LogP contribution in [0.2, 0.25) is 10.4 Å². The van der Waals surface area contributed by atoms with Gasteiger partial charge in [-0.2, -0.15) is 4.98 Å². The number of aliphatic hydroxyl groups excluding tert-OH is 1. The van der Waals surface area contributed by atoms with Crippen molar-refractivity contribution in [3.8, 4) is 22.8 Å². The molecule has 0 fully saturated rings. The number of hydrogen-bond acceptors (Lipinski definition) is 8. The molecule has 0 atom stereocenters. The molecule has 0 aliphatic rings. The maximum Gasteiger partial charge on any atom is 0.225 e. The number of rotatable bonds is 12. The van der Waals surface area contributed by atoms with Gasteiger partial charge in [0.15, 0.2) is 0 Å². The van der Waals surface area contributed by atoms with Crippen molar-refractivity contribution in [1.29, 1.82) is 0 Å². The molecule has 0 saturated carbocycles. The number of nitrogens with zero attached hydrogens (tertiary/aromatic N) is 5. The maximum absolute atomic E-state index is 9.27. The first-order chi connectivity index (χ1) is 19.7. The summed E-state index contributed by atoms with van der Waals surface area (Å²) in [7, 11) is -0.656. The van der Waals surface area contributed by atoms with Gasteiger partial charge in [-0.15, -0.1) is 0 Å². The van der Waals surface area contributed by atoms with E-state index in [0.717, 1.165) is 33.3 Å². The fourth-order valence-electron chi connectivity index (χ4n) is 4.20. The number of benzene rings is 1. The predicted octanol–water partition coefficient (Wildman–Crippen LogP) is 5.97. The van der Waals surface area contributed by atoms with Gasteiger partial charge in [-0.25, -0.2) is 20.0 Å². The summed E-state index contributed by atoms with van der Waals surface area (Å²) in [4.78, 5) is 17.3. The van der Waals surface area contributed by atoms with E-state index in [9.17, 15) is 5.11 Å². The molecule has 4 aromatic heterocycles. The molecular weight excluding hydrogens is 585 g/mol. The summed E-state index contributed by atoms with van der Waals surface area (Å²) in [5, 5.41) is 11.2. The van der Waals surface area contributed by atoms with Gasteiger partial charge < -0.3 is 23.9 Å². The SMILES string of the molecule is CS(C)(C)CCOCn1cc(-c2ccc3ncc(OCCOc4cc(CO)ccn4)cc3c2)c2c(Cl)nc(Cl)nc21. The number of aliphatic hydroxyl groups is 1. The van der Waals surface area contributed by atoms with Gasteiger partial charge in [-0.05, 0) is 65.8 Å². The molecule has 0 radical (unpaired) electrons. The Hall–Kier alpha value is -3.15. The van der Waals surface area contributed by atoms with E-state index in [-0.39, 0.29) is 17.0 Å². The number of halogens is 2. The summed E-state index contributed by atoms with van der Waals surface area (Å²) in [6.45, 7) is 1.50. The van der Waals surface area contributed by atoms with Gasteiger partial charge in [0.2, 0.25) is 11.2 Å². The van der Waals surface area contributed by atoms with Crippen LogP contribution in [-0.2, 0) is 18.1 Å². The Morgan fingerprint density at radius 1 is 0.951 bits per heavy atom. The minimum atomic E-state index is -0.656. The van der Waals surface area contributed by atoms with Crippen LogP contribution in [0, 0.1) is 0 Å². The summed E-state index contributed by atoms with van der Waals surface area (Å²) in [5.74, 6) is 2.06. The number of pyridine rings is 2. The summed E-state index contributed by atoms with van der Waals surface area (Å²) < 4.78 is 19.4. The second kappa shape index (κ2) is 12.8. The fraction of sp³-hybridized carbons (Fsp3) is 0.310. The standard InChI is InChI=1S/C29H31Cl2N5O4S/c1-41(2,3)11-10-38-18-36-16-23(26-27(30)34-29(31)35-28(26)36)20-4-5-24-21(13-20)14-22(15-33-24)39-8-9-40-25-12-19(17-37)6-7-32-25/h4-7,12-16,37H,8-11,17-18H2,1-3H3. The van der Waals surface area contributed by atoms with E-state index in [2.05, 4.69) is 38.7 Å². The molecule has 41 heavy (non-hydrogen) atoms. The minimum absolute atomic E-state index is 0.0698. The molecule has 1 aromatic carbocycles. The van der Waals surface area contributed by atoms with Gasteiger partial charge in [-0.1, -0.05) is 17.7 Å². The molecule has 5 rings (SSSR count). The van der Waals surface area contributed by atoms with Crippen molar-refractivity contribution in [3.63, 3.8) is 0 Å². The van der Waals surface area contributed by atoms with Crippen LogP contribution in [-0.4, -0.2) is 74.0 Å². The molecule has 12 heteroatoms. The van der Waals surface area contributed by atoms with Crippen LogP contribution >= 0.6 is 33.2 Å². The lowest BCUT2D eigenvalue weighted by Gasteiger charge is -2.24. The lowest BCUT2D eigenvalue weighted by Crippen LogP contribution is -2.10. The van der Waals surface area contributed by atoms with Crippen LogP contribution in [0.15, 0.2) is 55.0 Å². The quantitative estimate of drug-likeness (QED) is 0.104. The molecule has 5 aromatic rings. The van der Waals surface area contributed by atoms with E-state index in [1.54, 1.807) is 24.5 Å². The Morgan fingerprint density at radius 2 is 1.78 bits per heavy atom. The van der Waals surface area contributed by atoms with Crippen molar-refractivity contribution in [3.05, 3.63) is 71.0 Å². The van der Waals surface area contributed by atoms with E-state index in [0.29, 0.717) is 49.2 Å². The zero-order valence-corrected chi connectivity index (χ0v) is 25.3. The summed E-state index contributed by atoms with van der Waals surface area (Å²) in [6, 6.07) is 11.3. The Morgan fingerprint density at radius 3 is 2.59 bits per heavy atom. The van der Waals surface area contributed by atoms with Crippen molar-refractivity contribution in [2.75, 3.05) is 44.3 Å². The Kier molecular flexibility index (Phi) is 9.16.